The number of ether oxygens (including phenoxy) is 3. The van der Waals surface area contributed by atoms with E-state index in [9.17, 15) is 14.7 Å². The van der Waals surface area contributed by atoms with Crippen LogP contribution in [-0.4, -0.2) is 60.9 Å². The molecule has 130 valence electrons. The molecule has 0 saturated carbocycles. The number of morpholine rings is 1. The molecule has 2 heterocycles. The Morgan fingerprint density at radius 3 is 2.96 bits per heavy atom. The fourth-order valence-corrected chi connectivity index (χ4v) is 3.13. The summed E-state index contributed by atoms with van der Waals surface area (Å²) in [4.78, 5) is 25.5. The molecule has 1 fully saturated rings. The highest BCUT2D eigenvalue weighted by molar-refractivity contribution is 5.86. The van der Waals surface area contributed by atoms with Crippen LogP contribution in [-0.2, 0) is 20.7 Å². The first-order valence-electron chi connectivity index (χ1n) is 8.10. The van der Waals surface area contributed by atoms with Crippen LogP contribution in [0.15, 0.2) is 18.2 Å². The number of hydrogen-bond donors (Lipinski definition) is 1. The quantitative estimate of drug-likeness (QED) is 0.882. The van der Waals surface area contributed by atoms with Crippen LogP contribution in [0, 0.1) is 5.92 Å². The van der Waals surface area contributed by atoms with Gasteiger partial charge in [-0.15, -0.1) is 0 Å². The summed E-state index contributed by atoms with van der Waals surface area (Å²) in [6.07, 6.45) is 0.513. The Kier molecular flexibility index (Phi) is 4.89. The molecule has 1 amide bonds. The fourth-order valence-electron chi connectivity index (χ4n) is 3.13. The Morgan fingerprint density at radius 1 is 1.38 bits per heavy atom. The minimum absolute atomic E-state index is 0.0275. The number of amides is 1. The third-order valence-corrected chi connectivity index (χ3v) is 4.30. The van der Waals surface area contributed by atoms with E-state index in [1.807, 2.05) is 25.1 Å². The van der Waals surface area contributed by atoms with Crippen molar-refractivity contribution in [2.75, 3.05) is 33.0 Å². The first-order valence-corrected chi connectivity index (χ1v) is 8.10. The number of carbonyl (C=O) groups is 2. The van der Waals surface area contributed by atoms with Gasteiger partial charge < -0.3 is 24.2 Å². The molecule has 2 aliphatic heterocycles. The van der Waals surface area contributed by atoms with Crippen LogP contribution < -0.4 is 9.47 Å². The largest absolute Gasteiger partial charge is 0.490 e. The predicted molar refractivity (Wildman–Crippen MR) is 84.3 cm³/mol. The molecular weight excluding hydrogens is 314 g/mol. The smallest absolute Gasteiger partial charge is 0.328 e. The lowest BCUT2D eigenvalue weighted by molar-refractivity contribution is -0.161. The molecule has 1 N–H and O–H groups in total. The number of fused-ring (bicyclic) bond motifs is 1. The van der Waals surface area contributed by atoms with Crippen molar-refractivity contribution < 1.29 is 28.9 Å². The predicted octanol–water partition coefficient (Wildman–Crippen LogP) is 0.948. The van der Waals surface area contributed by atoms with Crippen molar-refractivity contribution in [2.45, 2.75) is 19.4 Å². The normalized spacial score (nSPS) is 23.1. The van der Waals surface area contributed by atoms with Gasteiger partial charge in [-0.1, -0.05) is 12.1 Å². The summed E-state index contributed by atoms with van der Waals surface area (Å²) in [5.74, 6) is -0.276. The van der Waals surface area contributed by atoms with Gasteiger partial charge >= 0.3 is 5.97 Å². The van der Waals surface area contributed by atoms with Crippen molar-refractivity contribution in [3.8, 4) is 11.5 Å². The van der Waals surface area contributed by atoms with E-state index in [2.05, 4.69) is 0 Å². The van der Waals surface area contributed by atoms with E-state index in [0.29, 0.717) is 31.1 Å². The second kappa shape index (κ2) is 7.09. The summed E-state index contributed by atoms with van der Waals surface area (Å²) < 4.78 is 16.5. The number of aliphatic carboxylic acids is 1. The highest BCUT2D eigenvalue weighted by Gasteiger charge is 2.38. The van der Waals surface area contributed by atoms with Gasteiger partial charge in [0.2, 0.25) is 5.91 Å². The molecule has 0 unspecified atom stereocenters. The van der Waals surface area contributed by atoms with Crippen molar-refractivity contribution in [2.24, 2.45) is 5.92 Å². The molecule has 0 aliphatic carbocycles. The molecule has 2 atom stereocenters. The van der Waals surface area contributed by atoms with Crippen molar-refractivity contribution >= 4 is 11.9 Å². The van der Waals surface area contributed by atoms with Crippen LogP contribution >= 0.6 is 0 Å². The Morgan fingerprint density at radius 2 is 2.21 bits per heavy atom. The van der Waals surface area contributed by atoms with E-state index in [1.54, 1.807) is 0 Å². The Labute approximate surface area is 140 Å². The average molecular weight is 335 g/mol. The average Bonchev–Trinajstić information content (AvgIpc) is 2.61. The fraction of sp³-hybridized carbons (Fsp3) is 0.529. The number of para-hydroxylation sites is 1. The van der Waals surface area contributed by atoms with Gasteiger partial charge in [0.05, 0.1) is 25.7 Å². The maximum atomic E-state index is 12.8. The second-order valence-electron chi connectivity index (χ2n) is 5.85. The summed E-state index contributed by atoms with van der Waals surface area (Å²) in [5.41, 5.74) is 0.908. The number of carboxylic acid groups (broad SMARTS) is 1. The Bertz CT molecular complexity index is 632. The van der Waals surface area contributed by atoms with Gasteiger partial charge in [-0.2, -0.15) is 0 Å². The van der Waals surface area contributed by atoms with Gasteiger partial charge in [-0.05, 0) is 25.0 Å². The highest BCUT2D eigenvalue weighted by Crippen LogP contribution is 2.36. The first-order chi connectivity index (χ1) is 11.6. The molecule has 0 radical (unpaired) electrons. The van der Waals surface area contributed by atoms with Gasteiger partial charge in [-0.3, -0.25) is 4.79 Å². The van der Waals surface area contributed by atoms with Crippen molar-refractivity contribution in [3.05, 3.63) is 23.8 Å². The summed E-state index contributed by atoms with van der Waals surface area (Å²) >= 11 is 0. The molecule has 1 aromatic rings. The van der Waals surface area contributed by atoms with Crippen molar-refractivity contribution in [3.63, 3.8) is 0 Å². The van der Waals surface area contributed by atoms with Crippen LogP contribution in [0.25, 0.3) is 0 Å². The number of carbonyl (C=O) groups excluding carboxylic acids is 1. The maximum Gasteiger partial charge on any atom is 0.328 e. The number of nitrogens with zero attached hydrogens (tertiary/aromatic N) is 1. The molecule has 0 aromatic heterocycles. The molecule has 7 nitrogen and oxygen atoms in total. The zero-order chi connectivity index (χ0) is 17.1. The van der Waals surface area contributed by atoms with E-state index in [-0.39, 0.29) is 25.7 Å². The monoisotopic (exact) mass is 335 g/mol. The van der Waals surface area contributed by atoms with Crippen LogP contribution in [0.2, 0.25) is 0 Å². The SMILES string of the molecule is CCOc1cccc2c1OC[C@H](C(=O)N1CCOC[C@H]1C(=O)O)C2. The molecule has 24 heavy (non-hydrogen) atoms. The first kappa shape index (κ1) is 16.6. The molecular formula is C17H21NO6. The van der Waals surface area contributed by atoms with E-state index in [1.165, 1.54) is 4.90 Å². The van der Waals surface area contributed by atoms with Crippen molar-refractivity contribution in [1.29, 1.82) is 0 Å². The highest BCUT2D eigenvalue weighted by atomic mass is 16.5. The van der Waals surface area contributed by atoms with Crippen LogP contribution in [0.3, 0.4) is 0 Å². The van der Waals surface area contributed by atoms with Crippen LogP contribution in [0.1, 0.15) is 12.5 Å². The second-order valence-corrected chi connectivity index (χ2v) is 5.85. The Balaban J connectivity index is 1.76. The summed E-state index contributed by atoms with van der Waals surface area (Å²) in [6.45, 7) is 3.33. The van der Waals surface area contributed by atoms with Crippen LogP contribution in [0.5, 0.6) is 11.5 Å². The van der Waals surface area contributed by atoms with E-state index in [0.717, 1.165) is 5.56 Å². The zero-order valence-electron chi connectivity index (χ0n) is 13.6. The molecule has 7 heteroatoms. The minimum Gasteiger partial charge on any atom is -0.490 e. The molecule has 0 bridgehead atoms. The maximum absolute atomic E-state index is 12.8. The lowest BCUT2D eigenvalue weighted by atomic mass is 9.94. The molecule has 1 aromatic carbocycles. The molecule has 0 spiro atoms. The van der Waals surface area contributed by atoms with E-state index >= 15 is 0 Å². The standard InChI is InChI=1S/C17H21NO6/c1-2-23-14-5-3-4-11-8-12(9-24-15(11)14)16(19)18-6-7-22-10-13(18)17(20)21/h3-5,12-13H,2,6-10H2,1H3,(H,20,21)/t12-,13+/m1/s1. The van der Waals surface area contributed by atoms with Crippen LogP contribution in [0.4, 0.5) is 0 Å². The summed E-state index contributed by atoms with van der Waals surface area (Å²) in [6, 6.07) is 4.69. The van der Waals surface area contributed by atoms with Gasteiger partial charge in [0.1, 0.15) is 6.61 Å². The zero-order valence-corrected chi connectivity index (χ0v) is 13.6. The molecule has 1 saturated heterocycles. The van der Waals surface area contributed by atoms with Gasteiger partial charge in [0.15, 0.2) is 17.5 Å². The van der Waals surface area contributed by atoms with Crippen molar-refractivity contribution in [1.82, 2.24) is 4.90 Å². The van der Waals surface area contributed by atoms with E-state index in [4.69, 9.17) is 14.2 Å². The molecule has 3 rings (SSSR count). The number of benzene rings is 1. The van der Waals surface area contributed by atoms with Gasteiger partial charge in [0.25, 0.3) is 0 Å². The van der Waals surface area contributed by atoms with Gasteiger partial charge in [-0.25, -0.2) is 4.79 Å². The third-order valence-electron chi connectivity index (χ3n) is 4.30. The lowest BCUT2D eigenvalue weighted by Crippen LogP contribution is -2.55. The summed E-state index contributed by atoms with van der Waals surface area (Å²) in [7, 11) is 0. The molecule has 2 aliphatic rings. The topological polar surface area (TPSA) is 85.3 Å². The number of hydrogen-bond acceptors (Lipinski definition) is 5. The number of rotatable bonds is 4. The number of carboxylic acids is 1. The van der Waals surface area contributed by atoms with E-state index < -0.39 is 17.9 Å². The minimum atomic E-state index is -1.04. The third kappa shape index (κ3) is 3.17. The summed E-state index contributed by atoms with van der Waals surface area (Å²) in [5, 5.41) is 9.29. The lowest BCUT2D eigenvalue weighted by Gasteiger charge is -2.36. The Hall–Kier alpha value is -2.28. The van der Waals surface area contributed by atoms with Gasteiger partial charge in [0, 0.05) is 6.54 Å².